The Balaban J connectivity index is 1.41. The summed E-state index contributed by atoms with van der Waals surface area (Å²) in [7, 11) is -3.22. The summed E-state index contributed by atoms with van der Waals surface area (Å²) in [6.07, 6.45) is 9.27. The van der Waals surface area contributed by atoms with Crippen molar-refractivity contribution in [3.8, 4) is 0 Å². The van der Waals surface area contributed by atoms with Gasteiger partial charge in [-0.15, -0.1) is 0 Å². The Bertz CT molecular complexity index is 826. The van der Waals surface area contributed by atoms with E-state index in [1.54, 1.807) is 4.31 Å². The fourth-order valence-electron chi connectivity index (χ4n) is 6.40. The molecule has 2 aliphatic carbocycles. The monoisotopic (exact) mass is 374 g/mol. The van der Waals surface area contributed by atoms with Crippen molar-refractivity contribution < 1.29 is 8.42 Å². The van der Waals surface area contributed by atoms with E-state index in [-0.39, 0.29) is 5.41 Å². The summed E-state index contributed by atoms with van der Waals surface area (Å²) in [5.41, 5.74) is 3.44. The third kappa shape index (κ3) is 2.54. The molecule has 142 valence electrons. The van der Waals surface area contributed by atoms with Gasteiger partial charge in [0.1, 0.15) is 0 Å². The SMILES string of the molecule is Cc1ccc2c(c1)C1(CCN([C@H]3C[C@H]4CC[C@@H]3C4)CC1)CN2S(C)(=O)=O. The molecule has 1 aromatic carbocycles. The lowest BCUT2D eigenvalue weighted by Gasteiger charge is -2.44. The van der Waals surface area contributed by atoms with Crippen molar-refractivity contribution in [1.29, 1.82) is 0 Å². The van der Waals surface area contributed by atoms with Gasteiger partial charge in [0.2, 0.25) is 10.0 Å². The summed E-state index contributed by atoms with van der Waals surface area (Å²) in [6, 6.07) is 7.10. The van der Waals surface area contributed by atoms with E-state index in [1.807, 2.05) is 12.1 Å². The molecular formula is C21H30N2O2S. The van der Waals surface area contributed by atoms with Crippen LogP contribution in [-0.2, 0) is 15.4 Å². The van der Waals surface area contributed by atoms with Crippen LogP contribution in [0.15, 0.2) is 18.2 Å². The summed E-state index contributed by atoms with van der Waals surface area (Å²) in [6.45, 7) is 4.99. The fraction of sp³-hybridized carbons (Fsp3) is 0.714. The van der Waals surface area contributed by atoms with Gasteiger partial charge in [0.05, 0.1) is 11.9 Å². The van der Waals surface area contributed by atoms with Gasteiger partial charge in [0, 0.05) is 18.0 Å². The standard InChI is InChI=1S/C21H30N2O2S/c1-15-3-6-19-18(11-15)21(14-23(19)26(2,24)25)7-9-22(10-8-21)20-13-16-4-5-17(20)12-16/h3,6,11,16-17,20H,4-5,7-10,12-14H2,1-2H3/t16-,17+,20-/m0/s1. The van der Waals surface area contributed by atoms with Crippen molar-refractivity contribution in [2.75, 3.05) is 30.2 Å². The second-order valence-electron chi connectivity index (χ2n) is 9.35. The number of benzene rings is 1. The quantitative estimate of drug-likeness (QED) is 0.797. The van der Waals surface area contributed by atoms with E-state index in [0.717, 1.165) is 49.5 Å². The normalized spacial score (nSPS) is 33.2. The van der Waals surface area contributed by atoms with E-state index in [2.05, 4.69) is 17.9 Å². The van der Waals surface area contributed by atoms with Gasteiger partial charge in [0.15, 0.2) is 0 Å². The van der Waals surface area contributed by atoms with Gasteiger partial charge in [-0.25, -0.2) is 8.42 Å². The van der Waals surface area contributed by atoms with Crippen LogP contribution < -0.4 is 4.31 Å². The molecule has 1 saturated heterocycles. The summed E-state index contributed by atoms with van der Waals surface area (Å²) in [5.74, 6) is 1.91. The minimum absolute atomic E-state index is 0.0125. The molecule has 5 heteroatoms. The first-order chi connectivity index (χ1) is 12.4. The summed E-state index contributed by atoms with van der Waals surface area (Å²) in [4.78, 5) is 2.74. The average Bonchev–Trinajstić information content (AvgIpc) is 3.29. The number of fused-ring (bicyclic) bond motifs is 4. The molecule has 4 nitrogen and oxygen atoms in total. The number of rotatable bonds is 2. The molecule has 2 saturated carbocycles. The Kier molecular flexibility index (Phi) is 3.75. The fourth-order valence-corrected chi connectivity index (χ4v) is 7.40. The highest BCUT2D eigenvalue weighted by atomic mass is 32.2. The smallest absolute Gasteiger partial charge is 0.232 e. The highest BCUT2D eigenvalue weighted by Crippen LogP contribution is 2.51. The Hall–Kier alpha value is -1.07. The predicted octanol–water partition coefficient (Wildman–Crippen LogP) is 3.30. The van der Waals surface area contributed by atoms with Gasteiger partial charge < -0.3 is 4.90 Å². The number of piperidine rings is 1. The second kappa shape index (κ2) is 5.71. The number of anilines is 1. The number of sulfonamides is 1. The Labute approximate surface area is 157 Å². The number of hydrogen-bond donors (Lipinski definition) is 0. The minimum Gasteiger partial charge on any atom is -0.300 e. The largest absolute Gasteiger partial charge is 0.300 e. The third-order valence-corrected chi connectivity index (χ3v) is 8.89. The zero-order chi connectivity index (χ0) is 18.1. The maximum absolute atomic E-state index is 12.4. The van der Waals surface area contributed by atoms with E-state index >= 15 is 0 Å². The van der Waals surface area contributed by atoms with Crippen LogP contribution in [0.25, 0.3) is 0 Å². The molecule has 0 N–H and O–H groups in total. The maximum Gasteiger partial charge on any atom is 0.232 e. The zero-order valence-corrected chi connectivity index (χ0v) is 16.8. The second-order valence-corrected chi connectivity index (χ2v) is 11.3. The van der Waals surface area contributed by atoms with E-state index in [1.165, 1.54) is 43.1 Å². The molecule has 1 aromatic rings. The first-order valence-corrected chi connectivity index (χ1v) is 12.0. The maximum atomic E-state index is 12.4. The Morgan fingerprint density at radius 3 is 2.50 bits per heavy atom. The van der Waals surface area contributed by atoms with Crippen LogP contribution in [0.4, 0.5) is 5.69 Å². The first-order valence-electron chi connectivity index (χ1n) is 10.2. The average molecular weight is 375 g/mol. The number of aryl methyl sites for hydroxylation is 1. The van der Waals surface area contributed by atoms with Crippen molar-refractivity contribution in [2.45, 2.75) is 56.9 Å². The molecular weight excluding hydrogens is 344 g/mol. The molecule has 2 aliphatic heterocycles. The molecule has 3 fully saturated rings. The first kappa shape index (κ1) is 17.1. The molecule has 5 rings (SSSR count). The number of nitrogens with zero attached hydrogens (tertiary/aromatic N) is 2. The van der Waals surface area contributed by atoms with Crippen LogP contribution in [0, 0.1) is 18.8 Å². The van der Waals surface area contributed by atoms with Crippen LogP contribution in [0.3, 0.4) is 0 Å². The summed E-state index contributed by atoms with van der Waals surface area (Å²) >= 11 is 0. The van der Waals surface area contributed by atoms with E-state index < -0.39 is 10.0 Å². The van der Waals surface area contributed by atoms with Crippen molar-refractivity contribution in [3.63, 3.8) is 0 Å². The van der Waals surface area contributed by atoms with E-state index in [9.17, 15) is 8.42 Å². The molecule has 2 heterocycles. The predicted molar refractivity (Wildman–Crippen MR) is 105 cm³/mol. The van der Waals surface area contributed by atoms with E-state index in [0.29, 0.717) is 6.54 Å². The van der Waals surface area contributed by atoms with Gasteiger partial charge in [-0.3, -0.25) is 4.31 Å². The van der Waals surface area contributed by atoms with Crippen molar-refractivity contribution in [2.24, 2.45) is 11.8 Å². The minimum atomic E-state index is -3.22. The van der Waals surface area contributed by atoms with Crippen molar-refractivity contribution in [3.05, 3.63) is 29.3 Å². The lowest BCUT2D eigenvalue weighted by molar-refractivity contribution is 0.0881. The number of likely N-dealkylation sites (tertiary alicyclic amines) is 1. The van der Waals surface area contributed by atoms with Gasteiger partial charge in [0.25, 0.3) is 0 Å². The molecule has 0 aromatic heterocycles. The Morgan fingerprint density at radius 2 is 1.88 bits per heavy atom. The number of hydrogen-bond acceptors (Lipinski definition) is 3. The highest BCUT2D eigenvalue weighted by molar-refractivity contribution is 7.92. The van der Waals surface area contributed by atoms with Crippen molar-refractivity contribution >= 4 is 15.7 Å². The molecule has 4 aliphatic rings. The third-order valence-electron chi connectivity index (χ3n) is 7.76. The van der Waals surface area contributed by atoms with Crippen LogP contribution in [0.2, 0.25) is 0 Å². The van der Waals surface area contributed by atoms with Crippen LogP contribution >= 0.6 is 0 Å². The molecule has 0 amide bonds. The molecule has 0 unspecified atom stereocenters. The molecule has 3 atom stereocenters. The van der Waals surface area contributed by atoms with E-state index in [4.69, 9.17) is 0 Å². The van der Waals surface area contributed by atoms with Crippen molar-refractivity contribution in [1.82, 2.24) is 4.90 Å². The van der Waals surface area contributed by atoms with Crippen LogP contribution in [0.1, 0.15) is 49.7 Å². The molecule has 0 radical (unpaired) electrons. The molecule has 1 spiro atoms. The van der Waals surface area contributed by atoms with Gasteiger partial charge >= 0.3 is 0 Å². The highest BCUT2D eigenvalue weighted by Gasteiger charge is 2.49. The lowest BCUT2D eigenvalue weighted by Crippen LogP contribution is -2.50. The van der Waals surface area contributed by atoms with Crippen LogP contribution in [0.5, 0.6) is 0 Å². The van der Waals surface area contributed by atoms with Gasteiger partial charge in [-0.05, 0) is 75.6 Å². The van der Waals surface area contributed by atoms with Gasteiger partial charge in [-0.2, -0.15) is 0 Å². The van der Waals surface area contributed by atoms with Gasteiger partial charge in [-0.1, -0.05) is 24.1 Å². The van der Waals surface area contributed by atoms with Crippen LogP contribution in [-0.4, -0.2) is 45.2 Å². The Morgan fingerprint density at radius 1 is 1.12 bits per heavy atom. The zero-order valence-electron chi connectivity index (χ0n) is 15.9. The summed E-state index contributed by atoms with van der Waals surface area (Å²) in [5, 5.41) is 0. The topological polar surface area (TPSA) is 40.6 Å². The lowest BCUT2D eigenvalue weighted by atomic mass is 9.73. The molecule has 2 bridgehead atoms. The molecule has 26 heavy (non-hydrogen) atoms. The summed E-state index contributed by atoms with van der Waals surface area (Å²) < 4.78 is 26.4.